The molecular formula is C20H22F3N3O2. The van der Waals surface area contributed by atoms with Crippen LogP contribution in [0.1, 0.15) is 24.0 Å². The van der Waals surface area contributed by atoms with E-state index in [0.29, 0.717) is 43.2 Å². The minimum absolute atomic E-state index is 0.0797. The Hall–Kier alpha value is -2.77. The van der Waals surface area contributed by atoms with Crippen LogP contribution in [0.15, 0.2) is 36.5 Å². The van der Waals surface area contributed by atoms with Gasteiger partial charge in [-0.15, -0.1) is 0 Å². The van der Waals surface area contributed by atoms with Crippen LogP contribution in [0.25, 0.3) is 0 Å². The van der Waals surface area contributed by atoms with Gasteiger partial charge in [0.05, 0.1) is 18.4 Å². The summed E-state index contributed by atoms with van der Waals surface area (Å²) < 4.78 is 43.2. The predicted octanol–water partition coefficient (Wildman–Crippen LogP) is 4.27. The first kappa shape index (κ1) is 20.0. The van der Waals surface area contributed by atoms with Gasteiger partial charge < -0.3 is 15.0 Å². The fourth-order valence-electron chi connectivity index (χ4n) is 3.27. The smallest absolute Gasteiger partial charge is 0.417 e. The summed E-state index contributed by atoms with van der Waals surface area (Å²) >= 11 is 0. The topological polar surface area (TPSA) is 54.5 Å². The van der Waals surface area contributed by atoms with E-state index in [4.69, 9.17) is 4.74 Å². The Morgan fingerprint density at radius 1 is 1.21 bits per heavy atom. The third-order valence-electron chi connectivity index (χ3n) is 4.88. The number of halogens is 3. The molecule has 8 heteroatoms. The van der Waals surface area contributed by atoms with Crippen LogP contribution in [0.4, 0.5) is 24.7 Å². The molecule has 0 bridgehead atoms. The van der Waals surface area contributed by atoms with Crippen LogP contribution in [-0.2, 0) is 11.0 Å². The van der Waals surface area contributed by atoms with Crippen molar-refractivity contribution in [3.8, 4) is 5.75 Å². The van der Waals surface area contributed by atoms with E-state index in [-0.39, 0.29) is 11.8 Å². The Morgan fingerprint density at radius 3 is 2.50 bits per heavy atom. The minimum atomic E-state index is -4.40. The first-order valence-electron chi connectivity index (χ1n) is 9.01. The third kappa shape index (κ3) is 4.55. The monoisotopic (exact) mass is 393 g/mol. The van der Waals surface area contributed by atoms with Crippen LogP contribution in [0.3, 0.4) is 0 Å². The summed E-state index contributed by atoms with van der Waals surface area (Å²) in [6, 6.07) is 7.98. The Balaban J connectivity index is 1.59. The van der Waals surface area contributed by atoms with Gasteiger partial charge in [0.15, 0.2) is 0 Å². The lowest BCUT2D eigenvalue weighted by atomic mass is 9.95. The number of alkyl halides is 3. The standard InChI is InChI=1S/C20H22F3N3O2/c1-13-3-5-17(28-2)16(11-13)25-19(27)14-7-9-26(10-8-14)18-6-4-15(12-24-18)20(21,22)23/h3-6,11-12,14H,7-10H2,1-2H3,(H,25,27). The highest BCUT2D eigenvalue weighted by molar-refractivity contribution is 5.94. The molecule has 150 valence electrons. The number of carbonyl (C=O) groups excluding carboxylic acids is 1. The number of benzene rings is 1. The second kappa shape index (κ2) is 8.08. The number of nitrogens with zero attached hydrogens (tertiary/aromatic N) is 2. The van der Waals surface area contributed by atoms with Gasteiger partial charge in [0.25, 0.3) is 0 Å². The number of hydrogen-bond acceptors (Lipinski definition) is 4. The van der Waals surface area contributed by atoms with Crippen LogP contribution < -0.4 is 15.0 Å². The van der Waals surface area contributed by atoms with Crippen molar-refractivity contribution in [3.63, 3.8) is 0 Å². The van der Waals surface area contributed by atoms with Crippen molar-refractivity contribution in [3.05, 3.63) is 47.7 Å². The van der Waals surface area contributed by atoms with Crippen molar-refractivity contribution in [1.29, 1.82) is 0 Å². The summed E-state index contributed by atoms with van der Waals surface area (Å²) in [5.41, 5.74) is 0.885. The molecule has 0 aliphatic carbocycles. The average Bonchev–Trinajstić information content (AvgIpc) is 2.68. The summed E-state index contributed by atoms with van der Waals surface area (Å²) in [6.45, 7) is 3.05. The Morgan fingerprint density at radius 2 is 1.93 bits per heavy atom. The minimum Gasteiger partial charge on any atom is -0.495 e. The average molecular weight is 393 g/mol. The number of pyridine rings is 1. The van der Waals surface area contributed by atoms with E-state index in [2.05, 4.69) is 10.3 Å². The molecule has 1 N–H and O–H groups in total. The fourth-order valence-corrected chi connectivity index (χ4v) is 3.27. The molecule has 1 aliphatic rings. The summed E-state index contributed by atoms with van der Waals surface area (Å²) in [6.07, 6.45) is -2.35. The Labute approximate surface area is 161 Å². The molecule has 1 amide bonds. The maximum absolute atomic E-state index is 12.7. The number of aromatic nitrogens is 1. The van der Waals surface area contributed by atoms with E-state index >= 15 is 0 Å². The molecule has 1 aromatic heterocycles. The third-order valence-corrected chi connectivity index (χ3v) is 4.88. The van der Waals surface area contributed by atoms with Crippen LogP contribution in [0.2, 0.25) is 0 Å². The SMILES string of the molecule is COc1ccc(C)cc1NC(=O)C1CCN(c2ccc(C(F)(F)F)cn2)CC1. The maximum Gasteiger partial charge on any atom is 0.417 e. The molecule has 1 aromatic carbocycles. The Bertz CT molecular complexity index is 830. The van der Waals surface area contributed by atoms with E-state index in [1.54, 1.807) is 7.11 Å². The van der Waals surface area contributed by atoms with Crippen molar-refractivity contribution in [2.45, 2.75) is 25.9 Å². The molecule has 0 saturated carbocycles. The van der Waals surface area contributed by atoms with Gasteiger partial charge >= 0.3 is 6.18 Å². The summed E-state index contributed by atoms with van der Waals surface area (Å²) in [5.74, 6) is 0.845. The van der Waals surface area contributed by atoms with Gasteiger partial charge in [-0.2, -0.15) is 13.2 Å². The number of rotatable bonds is 4. The zero-order valence-electron chi connectivity index (χ0n) is 15.7. The predicted molar refractivity (Wildman–Crippen MR) is 101 cm³/mol. The van der Waals surface area contributed by atoms with Crippen LogP contribution >= 0.6 is 0 Å². The van der Waals surface area contributed by atoms with Crippen LogP contribution in [0, 0.1) is 12.8 Å². The number of piperidine rings is 1. The second-order valence-electron chi connectivity index (χ2n) is 6.86. The molecule has 2 heterocycles. The number of carbonyl (C=O) groups is 1. The number of nitrogens with one attached hydrogen (secondary N) is 1. The summed E-state index contributed by atoms with van der Waals surface area (Å²) in [7, 11) is 1.55. The molecule has 5 nitrogen and oxygen atoms in total. The first-order chi connectivity index (χ1) is 13.3. The largest absolute Gasteiger partial charge is 0.495 e. The van der Waals surface area contributed by atoms with E-state index < -0.39 is 11.7 Å². The van der Waals surface area contributed by atoms with Gasteiger partial charge in [0, 0.05) is 25.2 Å². The normalized spacial score (nSPS) is 15.4. The van der Waals surface area contributed by atoms with Gasteiger partial charge in [0.1, 0.15) is 11.6 Å². The van der Waals surface area contributed by atoms with E-state index in [1.807, 2.05) is 30.0 Å². The molecule has 3 rings (SSSR count). The molecule has 28 heavy (non-hydrogen) atoms. The first-order valence-corrected chi connectivity index (χ1v) is 9.01. The Kier molecular flexibility index (Phi) is 5.76. The van der Waals surface area contributed by atoms with Crippen molar-refractivity contribution < 1.29 is 22.7 Å². The number of methoxy groups -OCH3 is 1. The van der Waals surface area contributed by atoms with Gasteiger partial charge in [-0.3, -0.25) is 4.79 Å². The van der Waals surface area contributed by atoms with Gasteiger partial charge in [-0.1, -0.05) is 6.07 Å². The quantitative estimate of drug-likeness (QED) is 0.843. The van der Waals surface area contributed by atoms with Gasteiger partial charge in [-0.25, -0.2) is 4.98 Å². The summed E-state index contributed by atoms with van der Waals surface area (Å²) in [5, 5.41) is 2.93. The van der Waals surface area contributed by atoms with Gasteiger partial charge in [-0.05, 0) is 49.6 Å². The molecule has 1 fully saturated rings. The molecular weight excluding hydrogens is 371 g/mol. The van der Waals surface area contributed by atoms with E-state index in [0.717, 1.165) is 17.8 Å². The van der Waals surface area contributed by atoms with Crippen LogP contribution in [-0.4, -0.2) is 31.1 Å². The van der Waals surface area contributed by atoms with Crippen LogP contribution in [0.5, 0.6) is 5.75 Å². The highest BCUT2D eigenvalue weighted by atomic mass is 19.4. The molecule has 1 aliphatic heterocycles. The number of hydrogen-bond donors (Lipinski definition) is 1. The van der Waals surface area contributed by atoms with Gasteiger partial charge in [0.2, 0.25) is 5.91 Å². The lowest BCUT2D eigenvalue weighted by molar-refractivity contribution is -0.137. The number of anilines is 2. The molecule has 0 unspecified atom stereocenters. The molecule has 0 spiro atoms. The highest BCUT2D eigenvalue weighted by Gasteiger charge is 2.31. The number of amides is 1. The molecule has 0 atom stereocenters. The van der Waals surface area contributed by atoms with Crippen molar-refractivity contribution in [2.24, 2.45) is 5.92 Å². The summed E-state index contributed by atoms with van der Waals surface area (Å²) in [4.78, 5) is 18.4. The molecule has 1 saturated heterocycles. The van der Waals surface area contributed by atoms with Crippen molar-refractivity contribution >= 4 is 17.4 Å². The number of ether oxygens (including phenoxy) is 1. The maximum atomic E-state index is 12.7. The van der Waals surface area contributed by atoms with E-state index in [9.17, 15) is 18.0 Å². The zero-order chi connectivity index (χ0) is 20.3. The fraction of sp³-hybridized carbons (Fsp3) is 0.400. The van der Waals surface area contributed by atoms with Crippen molar-refractivity contribution in [2.75, 3.05) is 30.4 Å². The molecule has 2 aromatic rings. The lowest BCUT2D eigenvalue weighted by Crippen LogP contribution is -2.38. The van der Waals surface area contributed by atoms with E-state index in [1.165, 1.54) is 6.07 Å². The van der Waals surface area contributed by atoms with Crippen molar-refractivity contribution in [1.82, 2.24) is 4.98 Å². The lowest BCUT2D eigenvalue weighted by Gasteiger charge is -2.32. The zero-order valence-corrected chi connectivity index (χ0v) is 15.7. The number of aryl methyl sites for hydroxylation is 1. The molecule has 0 radical (unpaired) electrons. The second-order valence-corrected chi connectivity index (χ2v) is 6.86. The highest BCUT2D eigenvalue weighted by Crippen LogP contribution is 2.31.